The van der Waals surface area contributed by atoms with Crippen LogP contribution in [0.2, 0.25) is 0 Å². The summed E-state index contributed by atoms with van der Waals surface area (Å²) in [6.45, 7) is 13.2. The number of hydrogen-bond acceptors (Lipinski definition) is 2. The Balaban J connectivity index is 2.32. The molecule has 0 radical (unpaired) electrons. The van der Waals surface area contributed by atoms with Gasteiger partial charge in [0.2, 0.25) is 0 Å². The van der Waals surface area contributed by atoms with Crippen LogP contribution in [0, 0.1) is 0 Å². The Kier molecular flexibility index (Phi) is 8.72. The Hall–Kier alpha value is -1.64. The first-order valence-electron chi connectivity index (χ1n) is 9.80. The zero-order valence-corrected chi connectivity index (χ0v) is 19.2. The second kappa shape index (κ2) is 10.8. The van der Waals surface area contributed by atoms with Gasteiger partial charge in [0.05, 0.1) is 0 Å². The monoisotopic (exact) mass is 408 g/mol. The first-order chi connectivity index (χ1) is 13.3. The molecule has 1 aromatic rings. The average molecular weight is 409 g/mol. The molecule has 0 unspecified atom stereocenters. The summed E-state index contributed by atoms with van der Waals surface area (Å²) < 4.78 is 0. The van der Waals surface area contributed by atoms with Crippen molar-refractivity contribution >= 4 is 30.0 Å². The van der Waals surface area contributed by atoms with Crippen LogP contribution in [-0.4, -0.2) is 0 Å². The van der Waals surface area contributed by atoms with Crippen LogP contribution in [0.25, 0.3) is 5.57 Å². The molecule has 1 aromatic carbocycles. The largest absolute Gasteiger partial charge is 0.151 e. The van der Waals surface area contributed by atoms with Crippen LogP contribution >= 0.6 is 24.4 Å². The SMILES string of the molecule is C=C(/C=C/C=C\S)S/C(CC1=CC=CCC1)=C(\C)c1ccc(C(C)(C)C)cc1. The smallest absolute Gasteiger partial charge is 0.00469 e. The van der Waals surface area contributed by atoms with Crippen molar-refractivity contribution in [3.05, 3.63) is 99.2 Å². The lowest BCUT2D eigenvalue weighted by Gasteiger charge is -2.20. The first-order valence-corrected chi connectivity index (χ1v) is 11.1. The van der Waals surface area contributed by atoms with Gasteiger partial charge in [0, 0.05) is 11.3 Å². The molecule has 0 aliphatic heterocycles. The fourth-order valence-corrected chi connectivity index (χ4v) is 4.13. The molecule has 0 saturated carbocycles. The highest BCUT2D eigenvalue weighted by Crippen LogP contribution is 2.38. The van der Waals surface area contributed by atoms with Crippen molar-refractivity contribution in [2.24, 2.45) is 0 Å². The van der Waals surface area contributed by atoms with Gasteiger partial charge in [-0.3, -0.25) is 0 Å². The molecule has 0 atom stereocenters. The van der Waals surface area contributed by atoms with Crippen molar-refractivity contribution in [3.8, 4) is 0 Å². The van der Waals surface area contributed by atoms with Gasteiger partial charge in [-0.2, -0.15) is 12.6 Å². The molecule has 0 aromatic heterocycles. The van der Waals surface area contributed by atoms with Gasteiger partial charge < -0.3 is 0 Å². The molecular formula is C26H32S2. The molecule has 2 heteroatoms. The van der Waals surface area contributed by atoms with E-state index in [2.05, 4.69) is 89.4 Å². The van der Waals surface area contributed by atoms with Crippen molar-refractivity contribution in [1.82, 2.24) is 0 Å². The zero-order chi connectivity index (χ0) is 20.6. The summed E-state index contributed by atoms with van der Waals surface area (Å²) in [5.74, 6) is 0. The second-order valence-electron chi connectivity index (χ2n) is 8.11. The predicted molar refractivity (Wildman–Crippen MR) is 133 cm³/mol. The zero-order valence-electron chi connectivity index (χ0n) is 17.5. The van der Waals surface area contributed by atoms with Crippen molar-refractivity contribution < 1.29 is 0 Å². The van der Waals surface area contributed by atoms with Crippen LogP contribution in [0.1, 0.15) is 58.1 Å². The fraction of sp³-hybridized carbons (Fsp3) is 0.308. The van der Waals surface area contributed by atoms with Crippen molar-refractivity contribution in [3.63, 3.8) is 0 Å². The molecule has 0 amide bonds. The van der Waals surface area contributed by atoms with Gasteiger partial charge in [0.15, 0.2) is 0 Å². The van der Waals surface area contributed by atoms with Gasteiger partial charge in [0.25, 0.3) is 0 Å². The lowest BCUT2D eigenvalue weighted by atomic mass is 9.86. The van der Waals surface area contributed by atoms with Crippen LogP contribution in [0.4, 0.5) is 0 Å². The highest BCUT2D eigenvalue weighted by Gasteiger charge is 2.15. The Morgan fingerprint density at radius 1 is 1.18 bits per heavy atom. The maximum absolute atomic E-state index is 4.23. The third-order valence-electron chi connectivity index (χ3n) is 4.82. The van der Waals surface area contributed by atoms with E-state index in [-0.39, 0.29) is 5.41 Å². The predicted octanol–water partition coefficient (Wildman–Crippen LogP) is 8.63. The summed E-state index contributed by atoms with van der Waals surface area (Å²) in [4.78, 5) is 2.41. The summed E-state index contributed by atoms with van der Waals surface area (Å²) in [6, 6.07) is 9.04. The first kappa shape index (κ1) is 22.6. The quantitative estimate of drug-likeness (QED) is 0.348. The molecule has 0 N–H and O–H groups in total. The molecule has 0 heterocycles. The van der Waals surface area contributed by atoms with E-state index >= 15 is 0 Å². The molecular weight excluding hydrogens is 376 g/mol. The Morgan fingerprint density at radius 3 is 2.46 bits per heavy atom. The minimum Gasteiger partial charge on any atom is -0.151 e. The summed E-state index contributed by atoms with van der Waals surface area (Å²) in [5, 5.41) is 1.73. The third-order valence-corrected chi connectivity index (χ3v) is 6.09. The molecule has 0 spiro atoms. The number of rotatable bonds is 7. The summed E-state index contributed by atoms with van der Waals surface area (Å²) in [6.07, 6.45) is 15.9. The normalized spacial score (nSPS) is 15.8. The molecule has 0 fully saturated rings. The van der Waals surface area contributed by atoms with Gasteiger partial charge in [-0.25, -0.2) is 0 Å². The minimum atomic E-state index is 0.173. The molecule has 0 bridgehead atoms. The van der Waals surface area contributed by atoms with Gasteiger partial charge in [0.1, 0.15) is 0 Å². The van der Waals surface area contributed by atoms with E-state index in [1.54, 1.807) is 17.2 Å². The fourth-order valence-electron chi connectivity index (χ4n) is 3.04. The van der Waals surface area contributed by atoms with Crippen LogP contribution < -0.4 is 0 Å². The topological polar surface area (TPSA) is 0 Å². The lowest BCUT2D eigenvalue weighted by molar-refractivity contribution is 0.590. The molecule has 148 valence electrons. The maximum atomic E-state index is 4.23. The molecule has 2 rings (SSSR count). The third kappa shape index (κ3) is 7.07. The van der Waals surface area contributed by atoms with Crippen LogP contribution in [0.5, 0.6) is 0 Å². The summed E-state index contributed by atoms with van der Waals surface area (Å²) in [7, 11) is 0. The van der Waals surface area contributed by atoms with Crippen LogP contribution in [0.3, 0.4) is 0 Å². The van der Waals surface area contributed by atoms with E-state index in [1.165, 1.54) is 27.2 Å². The van der Waals surface area contributed by atoms with E-state index in [4.69, 9.17) is 0 Å². The highest BCUT2D eigenvalue weighted by atomic mass is 32.2. The molecule has 1 aliphatic rings. The molecule has 1 aliphatic carbocycles. The number of thiol groups is 1. The molecule has 0 saturated heterocycles. The average Bonchev–Trinajstić information content (AvgIpc) is 2.67. The summed E-state index contributed by atoms with van der Waals surface area (Å²) >= 11 is 5.87. The van der Waals surface area contributed by atoms with Gasteiger partial charge in [-0.05, 0) is 58.3 Å². The number of benzene rings is 1. The van der Waals surface area contributed by atoms with E-state index in [0.29, 0.717) is 0 Å². The van der Waals surface area contributed by atoms with Crippen LogP contribution in [-0.2, 0) is 5.41 Å². The van der Waals surface area contributed by atoms with E-state index in [0.717, 1.165) is 24.2 Å². The maximum Gasteiger partial charge on any atom is 0.00469 e. The Bertz CT molecular complexity index is 822. The molecule has 28 heavy (non-hydrogen) atoms. The lowest BCUT2D eigenvalue weighted by Crippen LogP contribution is -2.10. The van der Waals surface area contributed by atoms with E-state index in [1.807, 2.05) is 18.2 Å². The molecule has 0 nitrogen and oxygen atoms in total. The summed E-state index contributed by atoms with van der Waals surface area (Å²) in [5.41, 5.74) is 5.65. The van der Waals surface area contributed by atoms with E-state index < -0.39 is 0 Å². The highest BCUT2D eigenvalue weighted by molar-refractivity contribution is 8.07. The van der Waals surface area contributed by atoms with Gasteiger partial charge in [-0.15, -0.1) is 0 Å². The Labute approximate surface area is 181 Å². The second-order valence-corrected chi connectivity index (χ2v) is 9.63. The van der Waals surface area contributed by atoms with Gasteiger partial charge >= 0.3 is 0 Å². The van der Waals surface area contributed by atoms with E-state index in [9.17, 15) is 0 Å². The number of thioether (sulfide) groups is 1. The number of allylic oxidation sites excluding steroid dienone is 9. The van der Waals surface area contributed by atoms with Crippen molar-refractivity contribution in [1.29, 1.82) is 0 Å². The van der Waals surface area contributed by atoms with Gasteiger partial charge in [-0.1, -0.05) is 99.3 Å². The minimum absolute atomic E-state index is 0.173. The standard InChI is InChI=1S/C26H32S2/c1-20(11-9-10-18-27)28-25(19-22-12-7-6-8-13-22)21(2)23-14-16-24(17-15-23)26(3,4)5/h6-7,9-12,14-18,27H,1,8,13,19H2,2-5H3/b11-9+,18-10-,25-21+. The Morgan fingerprint density at radius 2 is 1.89 bits per heavy atom. The van der Waals surface area contributed by atoms with Crippen molar-refractivity contribution in [2.45, 2.75) is 52.4 Å². The van der Waals surface area contributed by atoms with Crippen LogP contribution in [0.15, 0.2) is 88.1 Å². The van der Waals surface area contributed by atoms with Crippen molar-refractivity contribution in [2.75, 3.05) is 0 Å². The number of hydrogen-bond donors (Lipinski definition) is 1.